The third-order valence-electron chi connectivity index (χ3n) is 4.73. The fourth-order valence-electron chi connectivity index (χ4n) is 3.40. The number of methoxy groups -OCH3 is 1. The molecule has 4 nitrogen and oxygen atoms in total. The van der Waals surface area contributed by atoms with Gasteiger partial charge < -0.3 is 10.1 Å². The van der Waals surface area contributed by atoms with Gasteiger partial charge in [0, 0.05) is 17.6 Å². The van der Waals surface area contributed by atoms with Crippen molar-refractivity contribution in [3.8, 4) is 5.75 Å². The summed E-state index contributed by atoms with van der Waals surface area (Å²) < 4.78 is 5.37. The molecule has 4 heteroatoms. The van der Waals surface area contributed by atoms with Crippen molar-refractivity contribution in [3.05, 3.63) is 29.8 Å². The summed E-state index contributed by atoms with van der Waals surface area (Å²) in [6, 6.07) is 8.82. The largest absolute Gasteiger partial charge is 0.496 e. The van der Waals surface area contributed by atoms with Crippen molar-refractivity contribution in [2.75, 3.05) is 13.7 Å². The Bertz CT molecular complexity index is 504. The molecule has 0 aliphatic carbocycles. The molecule has 1 aromatic rings. The van der Waals surface area contributed by atoms with Gasteiger partial charge in [0.2, 0.25) is 5.91 Å². The van der Waals surface area contributed by atoms with Gasteiger partial charge in [0.1, 0.15) is 5.75 Å². The number of rotatable bonds is 6. The zero-order valence-corrected chi connectivity index (χ0v) is 14.1. The van der Waals surface area contributed by atoms with E-state index in [0.717, 1.165) is 17.7 Å². The smallest absolute Gasteiger partial charge is 0.234 e. The molecule has 0 radical (unpaired) electrons. The van der Waals surface area contributed by atoms with Crippen molar-refractivity contribution in [1.82, 2.24) is 10.2 Å². The number of para-hydroxylation sites is 1. The van der Waals surface area contributed by atoms with Crippen LogP contribution in [0.25, 0.3) is 0 Å². The number of carbonyl (C=O) groups excluding carboxylic acids is 1. The highest BCUT2D eigenvalue weighted by Crippen LogP contribution is 2.26. The van der Waals surface area contributed by atoms with E-state index in [-0.39, 0.29) is 11.9 Å². The third-order valence-corrected chi connectivity index (χ3v) is 4.73. The minimum Gasteiger partial charge on any atom is -0.496 e. The highest BCUT2D eigenvalue weighted by molar-refractivity contribution is 5.78. The summed E-state index contributed by atoms with van der Waals surface area (Å²) in [7, 11) is 1.66. The molecular weight excluding hydrogens is 276 g/mol. The molecule has 3 atom stereocenters. The topological polar surface area (TPSA) is 41.6 Å². The van der Waals surface area contributed by atoms with Crippen LogP contribution in [-0.4, -0.2) is 36.5 Å². The SMILES string of the molecule is CC[C@@H]1CC[C@H](C)N1CC(=O)N[C@H](C)c1ccccc1OC. The number of likely N-dealkylation sites (tertiary alicyclic amines) is 1. The Morgan fingerprint density at radius 2 is 2.14 bits per heavy atom. The Balaban J connectivity index is 1.96. The van der Waals surface area contributed by atoms with Crippen LogP contribution < -0.4 is 10.1 Å². The van der Waals surface area contributed by atoms with Gasteiger partial charge in [-0.2, -0.15) is 0 Å². The average Bonchev–Trinajstić information content (AvgIpc) is 2.87. The number of nitrogens with one attached hydrogen (secondary N) is 1. The number of benzene rings is 1. The second-order valence-corrected chi connectivity index (χ2v) is 6.19. The minimum absolute atomic E-state index is 0.0540. The third kappa shape index (κ3) is 3.80. The molecule has 1 saturated heterocycles. The molecule has 1 fully saturated rings. The normalized spacial score (nSPS) is 23.3. The molecule has 0 bridgehead atoms. The van der Waals surface area contributed by atoms with Crippen LogP contribution in [-0.2, 0) is 4.79 Å². The quantitative estimate of drug-likeness (QED) is 0.878. The van der Waals surface area contributed by atoms with Crippen molar-refractivity contribution in [1.29, 1.82) is 0 Å². The van der Waals surface area contributed by atoms with Gasteiger partial charge in [0.25, 0.3) is 0 Å². The molecule has 0 spiro atoms. The second kappa shape index (κ2) is 7.63. The van der Waals surface area contributed by atoms with E-state index in [9.17, 15) is 4.79 Å². The first-order chi connectivity index (χ1) is 10.6. The maximum Gasteiger partial charge on any atom is 0.234 e. The van der Waals surface area contributed by atoms with Crippen LogP contribution in [0.2, 0.25) is 0 Å². The van der Waals surface area contributed by atoms with E-state index in [4.69, 9.17) is 4.74 Å². The van der Waals surface area contributed by atoms with Gasteiger partial charge in [-0.3, -0.25) is 9.69 Å². The number of amides is 1. The second-order valence-electron chi connectivity index (χ2n) is 6.19. The first-order valence-corrected chi connectivity index (χ1v) is 8.24. The number of nitrogens with zero attached hydrogens (tertiary/aromatic N) is 1. The van der Waals surface area contributed by atoms with E-state index in [1.54, 1.807) is 7.11 Å². The Morgan fingerprint density at radius 3 is 2.82 bits per heavy atom. The van der Waals surface area contributed by atoms with Crippen molar-refractivity contribution in [2.24, 2.45) is 0 Å². The van der Waals surface area contributed by atoms with Crippen molar-refractivity contribution in [3.63, 3.8) is 0 Å². The lowest BCUT2D eigenvalue weighted by molar-refractivity contribution is -0.123. The van der Waals surface area contributed by atoms with Crippen molar-refractivity contribution >= 4 is 5.91 Å². The average molecular weight is 304 g/mol. The van der Waals surface area contributed by atoms with E-state index in [2.05, 4.69) is 24.1 Å². The van der Waals surface area contributed by atoms with Crippen molar-refractivity contribution in [2.45, 2.75) is 58.2 Å². The first kappa shape index (κ1) is 16.8. The van der Waals surface area contributed by atoms with Gasteiger partial charge in [-0.1, -0.05) is 25.1 Å². The van der Waals surface area contributed by atoms with Gasteiger partial charge in [0.05, 0.1) is 19.7 Å². The fourth-order valence-corrected chi connectivity index (χ4v) is 3.40. The van der Waals surface area contributed by atoms with Crippen molar-refractivity contribution < 1.29 is 9.53 Å². The maximum absolute atomic E-state index is 12.4. The molecular formula is C18H28N2O2. The number of hydrogen-bond donors (Lipinski definition) is 1. The zero-order valence-electron chi connectivity index (χ0n) is 14.1. The van der Waals surface area contributed by atoms with E-state index in [1.165, 1.54) is 12.8 Å². The van der Waals surface area contributed by atoms with Crippen LogP contribution in [0.5, 0.6) is 5.75 Å². The maximum atomic E-state index is 12.4. The van der Waals surface area contributed by atoms with E-state index < -0.39 is 0 Å². The summed E-state index contributed by atoms with van der Waals surface area (Å²) in [5, 5.41) is 3.10. The first-order valence-electron chi connectivity index (χ1n) is 8.24. The van der Waals surface area contributed by atoms with Crippen LogP contribution in [0.1, 0.15) is 51.6 Å². The highest BCUT2D eigenvalue weighted by Gasteiger charge is 2.30. The van der Waals surface area contributed by atoms with Crippen LogP contribution in [0.15, 0.2) is 24.3 Å². The lowest BCUT2D eigenvalue weighted by atomic mass is 10.1. The Kier molecular flexibility index (Phi) is 5.83. The summed E-state index contributed by atoms with van der Waals surface area (Å²) in [5.41, 5.74) is 1.01. The standard InChI is InChI=1S/C18H28N2O2/c1-5-15-11-10-13(2)20(15)12-18(21)19-14(3)16-8-6-7-9-17(16)22-4/h6-9,13-15H,5,10-12H2,1-4H3,(H,19,21)/t13-,14+,15+/m0/s1. The Labute approximate surface area is 133 Å². The molecule has 1 aromatic carbocycles. The summed E-state index contributed by atoms with van der Waals surface area (Å²) in [4.78, 5) is 14.7. The monoisotopic (exact) mass is 304 g/mol. The van der Waals surface area contributed by atoms with Gasteiger partial charge in [-0.05, 0) is 39.2 Å². The molecule has 1 aliphatic heterocycles. The summed E-state index contributed by atoms with van der Waals surface area (Å²) >= 11 is 0. The van der Waals surface area contributed by atoms with E-state index in [1.807, 2.05) is 31.2 Å². The molecule has 1 heterocycles. The molecule has 0 aromatic heterocycles. The zero-order chi connectivity index (χ0) is 16.1. The molecule has 2 rings (SSSR count). The summed E-state index contributed by atoms with van der Waals surface area (Å²) in [5.74, 6) is 0.905. The van der Waals surface area contributed by atoms with E-state index >= 15 is 0 Å². The van der Waals surface area contributed by atoms with Crippen LogP contribution in [0.4, 0.5) is 0 Å². The Hall–Kier alpha value is -1.55. The molecule has 122 valence electrons. The molecule has 1 amide bonds. The Morgan fingerprint density at radius 1 is 1.41 bits per heavy atom. The number of ether oxygens (including phenoxy) is 1. The molecule has 1 aliphatic rings. The van der Waals surface area contributed by atoms with E-state index in [0.29, 0.717) is 18.6 Å². The van der Waals surface area contributed by atoms with Crippen LogP contribution >= 0.6 is 0 Å². The lowest BCUT2D eigenvalue weighted by Gasteiger charge is -2.27. The molecule has 0 saturated carbocycles. The fraction of sp³-hybridized carbons (Fsp3) is 0.611. The molecule has 22 heavy (non-hydrogen) atoms. The van der Waals surface area contributed by atoms with Gasteiger partial charge in [0.15, 0.2) is 0 Å². The number of hydrogen-bond acceptors (Lipinski definition) is 3. The number of carbonyl (C=O) groups is 1. The lowest BCUT2D eigenvalue weighted by Crippen LogP contribution is -2.43. The predicted octanol–water partition coefficient (Wildman–Crippen LogP) is 3.14. The minimum atomic E-state index is -0.0540. The highest BCUT2D eigenvalue weighted by atomic mass is 16.5. The molecule has 1 N–H and O–H groups in total. The summed E-state index contributed by atoms with van der Waals surface area (Å²) in [6.07, 6.45) is 3.50. The van der Waals surface area contributed by atoms with Gasteiger partial charge in [-0.15, -0.1) is 0 Å². The van der Waals surface area contributed by atoms with Gasteiger partial charge in [-0.25, -0.2) is 0 Å². The predicted molar refractivity (Wildman–Crippen MR) is 89.0 cm³/mol. The molecule has 0 unspecified atom stereocenters. The van der Waals surface area contributed by atoms with Crippen LogP contribution in [0.3, 0.4) is 0 Å². The van der Waals surface area contributed by atoms with Crippen LogP contribution in [0, 0.1) is 0 Å². The van der Waals surface area contributed by atoms with Gasteiger partial charge >= 0.3 is 0 Å². The summed E-state index contributed by atoms with van der Waals surface area (Å²) in [6.45, 7) is 6.90.